The van der Waals surface area contributed by atoms with Crippen LogP contribution in [0.25, 0.3) is 122 Å². The first-order chi connectivity index (χ1) is 47.0. The third-order valence-corrected chi connectivity index (χ3v) is 19.1. The molecule has 0 amide bonds. The molecule has 0 atom stereocenters. The second kappa shape index (κ2) is 23.4. The molecule has 0 fully saturated rings. The Kier molecular flexibility index (Phi) is 13.6. The molecule has 1 aromatic heterocycles. The summed E-state index contributed by atoms with van der Waals surface area (Å²) in [5.74, 6) is 0.609. The highest BCUT2D eigenvalue weighted by atomic mass is 15.2. The number of hydrogen-bond acceptors (Lipinski definition) is 4. The summed E-state index contributed by atoms with van der Waals surface area (Å²) >= 11 is 0. The molecule has 0 N–H and O–H groups in total. The van der Waals surface area contributed by atoms with Crippen LogP contribution in [0.2, 0.25) is 0 Å². The van der Waals surface area contributed by atoms with Crippen LogP contribution in [0.3, 0.4) is 0 Å². The molecule has 3 heterocycles. The molecule has 16 aromatic rings. The van der Waals surface area contributed by atoms with Crippen molar-refractivity contribution in [3.05, 3.63) is 358 Å². The first-order valence-corrected chi connectivity index (χ1v) is 32.6. The molecule has 442 valence electrons. The number of aromatic nitrogens is 2. The summed E-state index contributed by atoms with van der Waals surface area (Å²) in [5.41, 5.74) is 28.2. The molecule has 5 heteroatoms. The average molecular weight is 1210 g/mol. The van der Waals surface area contributed by atoms with Gasteiger partial charge in [-0.3, -0.25) is 0 Å². The Morgan fingerprint density at radius 1 is 0.200 bits per heavy atom. The van der Waals surface area contributed by atoms with Crippen molar-refractivity contribution >= 4 is 78.8 Å². The summed E-state index contributed by atoms with van der Waals surface area (Å²) in [5, 5.41) is 4.75. The van der Waals surface area contributed by atoms with Gasteiger partial charge >= 0.3 is 0 Å². The molecule has 0 saturated carbocycles. The maximum absolute atomic E-state index is 5.90. The largest absolute Gasteiger partial charge is 0.311 e. The van der Waals surface area contributed by atoms with Crippen molar-refractivity contribution in [2.75, 3.05) is 9.80 Å². The number of rotatable bonds is 11. The van der Waals surface area contributed by atoms with Crippen LogP contribution in [0.4, 0.5) is 34.1 Å². The van der Waals surface area contributed by atoms with Crippen LogP contribution < -0.4 is 26.2 Å². The zero-order chi connectivity index (χ0) is 62.8. The highest BCUT2D eigenvalue weighted by Crippen LogP contribution is 2.48. The first-order valence-electron chi connectivity index (χ1n) is 32.6. The predicted molar refractivity (Wildman–Crippen MR) is 400 cm³/mol. The Morgan fingerprint density at radius 3 is 0.800 bits per heavy atom. The van der Waals surface area contributed by atoms with Crippen LogP contribution in [-0.4, -0.2) is 16.7 Å². The van der Waals surface area contributed by atoms with Gasteiger partial charge in [0.25, 0.3) is 6.71 Å². The fourth-order valence-electron chi connectivity index (χ4n) is 14.5. The molecule has 15 aromatic carbocycles. The first kappa shape index (κ1) is 55.4. The van der Waals surface area contributed by atoms with Crippen LogP contribution in [0.1, 0.15) is 0 Å². The highest BCUT2D eigenvalue weighted by Gasteiger charge is 2.44. The normalized spacial score (nSPS) is 12.1. The fourth-order valence-corrected chi connectivity index (χ4v) is 14.5. The number of fused-ring (bicyclic) bond motifs is 6. The third-order valence-electron chi connectivity index (χ3n) is 19.1. The maximum atomic E-state index is 5.90. The Morgan fingerprint density at radius 2 is 0.474 bits per heavy atom. The number of anilines is 6. The molecule has 2 aliphatic rings. The van der Waals surface area contributed by atoms with E-state index in [2.05, 4.69) is 368 Å². The maximum Gasteiger partial charge on any atom is 0.252 e. The Hall–Kier alpha value is -12.4. The van der Waals surface area contributed by atoms with Crippen molar-refractivity contribution < 1.29 is 0 Å². The molecule has 0 unspecified atom stereocenters. The van der Waals surface area contributed by atoms with E-state index in [0.29, 0.717) is 5.82 Å². The molecular formula is C90H59BN4. The Balaban J connectivity index is 0.945. The van der Waals surface area contributed by atoms with Crippen molar-refractivity contribution in [1.29, 1.82) is 0 Å². The van der Waals surface area contributed by atoms with E-state index in [1.807, 2.05) is 0 Å². The summed E-state index contributed by atoms with van der Waals surface area (Å²) in [4.78, 5) is 16.8. The summed E-state index contributed by atoms with van der Waals surface area (Å²) in [7, 11) is 0. The quantitative estimate of drug-likeness (QED) is 0.121. The molecule has 0 aliphatic carbocycles. The average Bonchev–Trinajstić information content (AvgIpc) is 0.693. The van der Waals surface area contributed by atoms with Crippen LogP contribution in [0.5, 0.6) is 0 Å². The minimum atomic E-state index is -0.162. The van der Waals surface area contributed by atoms with Gasteiger partial charge in [-0.2, -0.15) is 0 Å². The van der Waals surface area contributed by atoms with Gasteiger partial charge in [-0.05, 0) is 196 Å². The van der Waals surface area contributed by atoms with Gasteiger partial charge in [-0.1, -0.05) is 267 Å². The lowest BCUT2D eigenvalue weighted by molar-refractivity contribution is 1.18. The zero-order valence-corrected chi connectivity index (χ0v) is 51.9. The van der Waals surface area contributed by atoms with E-state index in [0.717, 1.165) is 118 Å². The van der Waals surface area contributed by atoms with Crippen LogP contribution >= 0.6 is 0 Å². The van der Waals surface area contributed by atoms with Gasteiger partial charge in [0.1, 0.15) is 0 Å². The fraction of sp³-hybridized carbons (Fsp3) is 0. The molecule has 0 bridgehead atoms. The Bertz CT molecular complexity index is 5120. The lowest BCUT2D eigenvalue weighted by Gasteiger charge is -2.44. The SMILES string of the molecule is c1ccc(-c2ccc(N3c4cc5ccccc5cc4B4c5cc6ccccc6cc5N(c5ccc(-c6ccccc6)cc5)c5cc(-c6nc(-c7cc(-c8ccccc8)cc(-c8ccccc8)c7)cc(-c7cc(-c8ccccc8)cc(-c8ccccc8)c7)n6)cc3c54)cc2)cc1. The molecule has 2 aliphatic heterocycles. The molecule has 95 heavy (non-hydrogen) atoms. The highest BCUT2D eigenvalue weighted by molar-refractivity contribution is 7.00. The van der Waals surface area contributed by atoms with Crippen molar-refractivity contribution in [2.24, 2.45) is 0 Å². The minimum Gasteiger partial charge on any atom is -0.311 e. The van der Waals surface area contributed by atoms with Crippen molar-refractivity contribution in [3.8, 4) is 101 Å². The topological polar surface area (TPSA) is 32.3 Å². The van der Waals surface area contributed by atoms with Gasteiger partial charge in [0.2, 0.25) is 0 Å². The lowest BCUT2D eigenvalue weighted by Crippen LogP contribution is -2.61. The molecule has 4 nitrogen and oxygen atoms in total. The molecule has 0 radical (unpaired) electrons. The van der Waals surface area contributed by atoms with E-state index in [4.69, 9.17) is 9.97 Å². The summed E-state index contributed by atoms with van der Waals surface area (Å²) in [6, 6.07) is 131. The smallest absolute Gasteiger partial charge is 0.252 e. The van der Waals surface area contributed by atoms with E-state index >= 15 is 0 Å². The van der Waals surface area contributed by atoms with Gasteiger partial charge in [0.05, 0.1) is 11.4 Å². The predicted octanol–water partition coefficient (Wildman–Crippen LogP) is 21.9. The van der Waals surface area contributed by atoms with Crippen LogP contribution in [-0.2, 0) is 0 Å². The van der Waals surface area contributed by atoms with Gasteiger partial charge in [0.15, 0.2) is 5.82 Å². The van der Waals surface area contributed by atoms with Crippen molar-refractivity contribution in [3.63, 3.8) is 0 Å². The molecular weight excluding hydrogens is 1150 g/mol. The Labute approximate surface area is 553 Å². The second-order valence-corrected chi connectivity index (χ2v) is 24.9. The lowest BCUT2D eigenvalue weighted by atomic mass is 9.33. The van der Waals surface area contributed by atoms with Crippen molar-refractivity contribution in [2.45, 2.75) is 0 Å². The van der Waals surface area contributed by atoms with Gasteiger partial charge in [0, 0.05) is 50.8 Å². The molecule has 0 spiro atoms. The number of hydrogen-bond donors (Lipinski definition) is 0. The zero-order valence-electron chi connectivity index (χ0n) is 51.9. The van der Waals surface area contributed by atoms with Gasteiger partial charge < -0.3 is 9.80 Å². The van der Waals surface area contributed by atoms with E-state index in [1.165, 1.54) is 49.1 Å². The van der Waals surface area contributed by atoms with E-state index in [-0.39, 0.29) is 6.71 Å². The summed E-state index contributed by atoms with van der Waals surface area (Å²) in [6.07, 6.45) is 0. The van der Waals surface area contributed by atoms with E-state index in [9.17, 15) is 0 Å². The van der Waals surface area contributed by atoms with Gasteiger partial charge in [-0.15, -0.1) is 0 Å². The molecule has 18 rings (SSSR count). The van der Waals surface area contributed by atoms with Crippen LogP contribution in [0.15, 0.2) is 358 Å². The van der Waals surface area contributed by atoms with Crippen LogP contribution in [0, 0.1) is 0 Å². The van der Waals surface area contributed by atoms with E-state index < -0.39 is 0 Å². The monoisotopic (exact) mass is 1210 g/mol. The number of nitrogens with zero attached hydrogens (tertiary/aromatic N) is 4. The summed E-state index contributed by atoms with van der Waals surface area (Å²) in [6.45, 7) is -0.162. The summed E-state index contributed by atoms with van der Waals surface area (Å²) < 4.78 is 0. The molecule has 0 saturated heterocycles. The van der Waals surface area contributed by atoms with Gasteiger partial charge in [-0.25, -0.2) is 9.97 Å². The minimum absolute atomic E-state index is 0.162. The second-order valence-electron chi connectivity index (χ2n) is 24.9. The standard InChI is InChI=1S/C90H59BN4/c1-7-23-60(24-8-1)66-39-43-79(44-40-66)94-85-55-70-37-21-19-35-68(70)53-81(85)91-82-54-69-36-20-22-38-71(69)56-86(82)95(80-45-41-67(42-46-80)61-25-9-2-10-26-61)88-58-78(57-87(94)89(88)91)90-92-83(76-49-72(62-27-11-3-12-28-62)47-73(50-76)63-29-13-4-14-30-63)59-84(93-90)77-51-74(64-31-15-5-16-32-64)48-75(52-77)65-33-17-6-18-34-65/h1-59H. The van der Waals surface area contributed by atoms with Crippen molar-refractivity contribution in [1.82, 2.24) is 9.97 Å². The van der Waals surface area contributed by atoms with E-state index in [1.54, 1.807) is 0 Å². The third kappa shape index (κ3) is 10.1. The number of benzene rings is 15.